The summed E-state index contributed by atoms with van der Waals surface area (Å²) in [6.45, 7) is 6.08. The molecule has 1 amide bonds. The molecule has 1 fully saturated rings. The minimum Gasteiger partial charge on any atom is -0.481 e. The lowest BCUT2D eigenvalue weighted by molar-refractivity contribution is -0.137. The molecular formula is C18H23N3O5. The molecule has 0 saturated carbocycles. The predicted octanol–water partition coefficient (Wildman–Crippen LogP) is 2.36. The van der Waals surface area contributed by atoms with E-state index in [9.17, 15) is 14.7 Å². The van der Waals surface area contributed by atoms with Crippen LogP contribution in [0.15, 0.2) is 10.6 Å². The molecular weight excluding hydrogens is 338 g/mol. The maximum Gasteiger partial charge on any atom is 0.305 e. The Morgan fingerprint density at radius 1 is 1.46 bits per heavy atom. The number of carbonyl (C=O) groups excluding carboxylic acids is 1. The number of likely N-dealkylation sites (tertiary alicyclic amines) is 1. The smallest absolute Gasteiger partial charge is 0.305 e. The molecule has 8 heteroatoms. The topological polar surface area (TPSA) is 106 Å². The summed E-state index contributed by atoms with van der Waals surface area (Å²) in [5.41, 5.74) is 2.09. The number of rotatable bonds is 5. The van der Waals surface area contributed by atoms with E-state index in [0.717, 1.165) is 5.69 Å². The first-order chi connectivity index (χ1) is 12.3. The zero-order chi connectivity index (χ0) is 19.0. The van der Waals surface area contributed by atoms with Crippen LogP contribution in [0.4, 0.5) is 0 Å². The number of aliphatic carboxylic acids is 1. The minimum atomic E-state index is -0.937. The van der Waals surface area contributed by atoms with Gasteiger partial charge in [-0.1, -0.05) is 19.0 Å². The number of carboxylic acids is 1. The van der Waals surface area contributed by atoms with Crippen LogP contribution >= 0.6 is 0 Å². The number of aromatic nitrogens is 2. The molecule has 1 aliphatic heterocycles. The predicted molar refractivity (Wildman–Crippen MR) is 93.1 cm³/mol. The second kappa shape index (κ2) is 7.03. The Balaban J connectivity index is 2.05. The Kier molecular flexibility index (Phi) is 4.95. The summed E-state index contributed by atoms with van der Waals surface area (Å²) in [7, 11) is 1.57. The number of carboxylic acid groups (broad SMARTS) is 1. The number of fused-ring (bicyclic) bond motifs is 1. The maximum atomic E-state index is 13.3. The van der Waals surface area contributed by atoms with Crippen LogP contribution in [0.5, 0.6) is 0 Å². The third-order valence-corrected chi connectivity index (χ3v) is 4.84. The molecule has 140 valence electrons. The van der Waals surface area contributed by atoms with Gasteiger partial charge >= 0.3 is 5.97 Å². The number of pyridine rings is 1. The van der Waals surface area contributed by atoms with Gasteiger partial charge in [0.2, 0.25) is 0 Å². The molecule has 2 atom stereocenters. The van der Waals surface area contributed by atoms with Crippen molar-refractivity contribution in [3.8, 4) is 0 Å². The molecule has 26 heavy (non-hydrogen) atoms. The normalized spacial score (nSPS) is 20.3. The Morgan fingerprint density at radius 3 is 2.81 bits per heavy atom. The van der Waals surface area contributed by atoms with Crippen molar-refractivity contribution in [2.45, 2.75) is 51.7 Å². The number of amides is 1. The SMILES string of the molecule is COC1CC(CC(=O)O)N(C(=O)c2cc(C(C)C)nc3onc(C)c23)C1. The number of hydrogen-bond donors (Lipinski definition) is 1. The lowest BCUT2D eigenvalue weighted by Crippen LogP contribution is -2.37. The molecule has 1 N–H and O–H groups in total. The van der Waals surface area contributed by atoms with E-state index >= 15 is 0 Å². The van der Waals surface area contributed by atoms with Crippen molar-refractivity contribution in [2.75, 3.05) is 13.7 Å². The molecule has 2 aromatic rings. The summed E-state index contributed by atoms with van der Waals surface area (Å²) >= 11 is 0. The van der Waals surface area contributed by atoms with E-state index in [2.05, 4.69) is 10.1 Å². The molecule has 0 bridgehead atoms. The zero-order valence-corrected chi connectivity index (χ0v) is 15.4. The molecule has 0 radical (unpaired) electrons. The standard InChI is InChI=1S/C18H23N3O5/c1-9(2)14-7-13(16-10(3)20-26-17(16)19-14)18(24)21-8-12(25-4)5-11(21)6-15(22)23/h7,9,11-12H,5-6,8H2,1-4H3,(H,22,23). The van der Waals surface area contributed by atoms with Crippen molar-refractivity contribution < 1.29 is 24.0 Å². The second-order valence-electron chi connectivity index (χ2n) is 7.00. The van der Waals surface area contributed by atoms with Crippen molar-refractivity contribution in [1.29, 1.82) is 0 Å². The second-order valence-corrected chi connectivity index (χ2v) is 7.00. The van der Waals surface area contributed by atoms with Gasteiger partial charge in [-0.3, -0.25) is 9.59 Å². The number of nitrogens with zero attached hydrogens (tertiary/aromatic N) is 3. The van der Waals surface area contributed by atoms with Gasteiger partial charge in [-0.05, 0) is 25.3 Å². The Morgan fingerprint density at radius 2 is 2.19 bits per heavy atom. The molecule has 0 aromatic carbocycles. The van der Waals surface area contributed by atoms with E-state index in [1.165, 1.54) is 0 Å². The fourth-order valence-electron chi connectivity index (χ4n) is 3.42. The number of methoxy groups -OCH3 is 1. The number of hydrogen-bond acceptors (Lipinski definition) is 6. The van der Waals surface area contributed by atoms with Crippen molar-refractivity contribution in [1.82, 2.24) is 15.0 Å². The highest BCUT2D eigenvalue weighted by Gasteiger charge is 2.38. The molecule has 0 spiro atoms. The van der Waals surface area contributed by atoms with Gasteiger partial charge in [0.15, 0.2) is 0 Å². The van der Waals surface area contributed by atoms with Crippen LogP contribution in [-0.4, -0.2) is 57.8 Å². The largest absolute Gasteiger partial charge is 0.481 e. The van der Waals surface area contributed by atoms with E-state index in [4.69, 9.17) is 9.26 Å². The van der Waals surface area contributed by atoms with Gasteiger partial charge in [0, 0.05) is 25.4 Å². The van der Waals surface area contributed by atoms with Crippen LogP contribution in [0.3, 0.4) is 0 Å². The fourth-order valence-corrected chi connectivity index (χ4v) is 3.42. The molecule has 0 aliphatic carbocycles. The number of carbonyl (C=O) groups is 2. The highest BCUT2D eigenvalue weighted by molar-refractivity contribution is 6.06. The zero-order valence-electron chi connectivity index (χ0n) is 15.4. The van der Waals surface area contributed by atoms with Gasteiger partial charge in [0.1, 0.15) is 0 Å². The lowest BCUT2D eigenvalue weighted by atomic mass is 10.0. The Hall–Kier alpha value is -2.48. The maximum absolute atomic E-state index is 13.3. The average molecular weight is 361 g/mol. The van der Waals surface area contributed by atoms with Crippen LogP contribution in [0.25, 0.3) is 11.1 Å². The molecule has 2 unspecified atom stereocenters. The molecule has 3 heterocycles. The van der Waals surface area contributed by atoms with Crippen molar-refractivity contribution >= 4 is 23.0 Å². The monoisotopic (exact) mass is 361 g/mol. The fraction of sp³-hybridized carbons (Fsp3) is 0.556. The van der Waals surface area contributed by atoms with Gasteiger partial charge in [0.25, 0.3) is 11.6 Å². The summed E-state index contributed by atoms with van der Waals surface area (Å²) in [5, 5.41) is 13.7. The highest BCUT2D eigenvalue weighted by atomic mass is 16.5. The van der Waals surface area contributed by atoms with E-state index in [1.54, 1.807) is 25.0 Å². The van der Waals surface area contributed by atoms with E-state index in [0.29, 0.717) is 35.3 Å². The Bertz CT molecular complexity index is 845. The quantitative estimate of drug-likeness (QED) is 0.871. The van der Waals surface area contributed by atoms with Crippen LogP contribution < -0.4 is 0 Å². The van der Waals surface area contributed by atoms with Gasteiger partial charge in [-0.25, -0.2) is 4.98 Å². The summed E-state index contributed by atoms with van der Waals surface area (Å²) in [6, 6.07) is 1.35. The minimum absolute atomic E-state index is 0.108. The van der Waals surface area contributed by atoms with Crippen molar-refractivity contribution in [3.63, 3.8) is 0 Å². The van der Waals surface area contributed by atoms with Gasteiger partial charge in [-0.15, -0.1) is 0 Å². The third-order valence-electron chi connectivity index (χ3n) is 4.84. The van der Waals surface area contributed by atoms with Crippen molar-refractivity contribution in [3.05, 3.63) is 23.0 Å². The van der Waals surface area contributed by atoms with E-state index < -0.39 is 12.0 Å². The summed E-state index contributed by atoms with van der Waals surface area (Å²) < 4.78 is 10.6. The first-order valence-electron chi connectivity index (χ1n) is 8.64. The molecule has 8 nitrogen and oxygen atoms in total. The molecule has 1 aliphatic rings. The third kappa shape index (κ3) is 3.29. The average Bonchev–Trinajstić information content (AvgIpc) is 3.16. The number of ether oxygens (including phenoxy) is 1. The summed E-state index contributed by atoms with van der Waals surface area (Å²) in [5.74, 6) is -1.07. The van der Waals surface area contributed by atoms with Crippen LogP contribution in [0, 0.1) is 6.92 Å². The van der Waals surface area contributed by atoms with Crippen LogP contribution in [0.2, 0.25) is 0 Å². The highest BCUT2D eigenvalue weighted by Crippen LogP contribution is 2.30. The lowest BCUT2D eigenvalue weighted by Gasteiger charge is -2.24. The van der Waals surface area contributed by atoms with E-state index in [1.807, 2.05) is 13.8 Å². The summed E-state index contributed by atoms with van der Waals surface area (Å²) in [6.07, 6.45) is 0.218. The first kappa shape index (κ1) is 18.3. The van der Waals surface area contributed by atoms with E-state index in [-0.39, 0.29) is 24.3 Å². The van der Waals surface area contributed by atoms with Gasteiger partial charge < -0.3 is 19.3 Å². The van der Waals surface area contributed by atoms with Crippen LogP contribution in [-0.2, 0) is 9.53 Å². The first-order valence-corrected chi connectivity index (χ1v) is 8.64. The van der Waals surface area contributed by atoms with Gasteiger partial charge in [-0.2, -0.15) is 0 Å². The Labute approximate surface area is 151 Å². The molecule has 1 saturated heterocycles. The number of aryl methyl sites for hydroxylation is 1. The van der Waals surface area contributed by atoms with Gasteiger partial charge in [0.05, 0.1) is 29.2 Å². The van der Waals surface area contributed by atoms with Crippen molar-refractivity contribution in [2.24, 2.45) is 0 Å². The molecule has 2 aromatic heterocycles. The van der Waals surface area contributed by atoms with Crippen LogP contribution in [0.1, 0.15) is 54.4 Å². The molecule has 3 rings (SSSR count). The summed E-state index contributed by atoms with van der Waals surface area (Å²) in [4.78, 5) is 30.6.